The first-order valence-electron chi connectivity index (χ1n) is 7.50. The number of carbonyl (C=O) groups is 1. The van der Waals surface area contributed by atoms with Crippen LogP contribution in [0.3, 0.4) is 0 Å². The molecule has 25 heavy (non-hydrogen) atoms. The number of aliphatic hydroxyl groups excluding tert-OH is 3. The van der Waals surface area contributed by atoms with Crippen LogP contribution in [0.4, 0.5) is 11.8 Å². The molecular weight excluding hydrogens is 336 g/mol. The van der Waals surface area contributed by atoms with Crippen molar-refractivity contribution in [2.75, 3.05) is 24.2 Å². The van der Waals surface area contributed by atoms with E-state index in [-0.39, 0.29) is 35.9 Å². The van der Waals surface area contributed by atoms with Crippen LogP contribution in [-0.4, -0.2) is 77.4 Å². The van der Waals surface area contributed by atoms with Gasteiger partial charge in [-0.3, -0.25) is 9.36 Å². The molecule has 4 atom stereocenters. The number of hydrogen-bond acceptors (Lipinski definition) is 10. The second-order valence-electron chi connectivity index (χ2n) is 5.54. The monoisotopic (exact) mass is 354 g/mol. The lowest BCUT2D eigenvalue weighted by Gasteiger charge is -2.19. The summed E-state index contributed by atoms with van der Waals surface area (Å²) < 4.78 is 6.87. The first kappa shape index (κ1) is 17.3. The molecule has 0 bridgehead atoms. The first-order valence-corrected chi connectivity index (χ1v) is 7.50. The van der Waals surface area contributed by atoms with Gasteiger partial charge in [0.05, 0.1) is 13.0 Å². The van der Waals surface area contributed by atoms with E-state index in [0.717, 1.165) is 0 Å². The van der Waals surface area contributed by atoms with Crippen molar-refractivity contribution in [1.82, 2.24) is 19.5 Å². The molecule has 0 aliphatic carbocycles. The minimum absolute atomic E-state index is 0.0563. The molecule has 2 unspecified atom stereocenters. The predicted octanol–water partition coefficient (Wildman–Crippen LogP) is -2.09. The molecule has 2 aromatic rings. The third kappa shape index (κ3) is 3.07. The lowest BCUT2D eigenvalue weighted by atomic mass is 10.1. The zero-order chi connectivity index (χ0) is 18.1. The van der Waals surface area contributed by atoms with Crippen LogP contribution >= 0.6 is 0 Å². The SMILES string of the molecule is Nc1ncnc2c1nc(NCCC(=O)O)n2[C@@H]1O[C@H](CO)C(O)C1O. The largest absolute Gasteiger partial charge is 0.481 e. The quantitative estimate of drug-likeness (QED) is 0.333. The molecule has 12 nitrogen and oxygen atoms in total. The fourth-order valence-corrected chi connectivity index (χ4v) is 2.67. The molecule has 3 rings (SSSR count). The zero-order valence-electron chi connectivity index (χ0n) is 13.0. The number of carboxylic acids is 1. The normalized spacial score (nSPS) is 26.2. The third-order valence-electron chi connectivity index (χ3n) is 3.90. The Bertz CT molecular complexity index is 782. The highest BCUT2D eigenvalue weighted by Gasteiger charge is 2.45. The number of nitrogens with two attached hydrogens (primary N) is 1. The van der Waals surface area contributed by atoms with E-state index < -0.39 is 37.1 Å². The Kier molecular flexibility index (Phi) is 4.67. The number of aromatic nitrogens is 4. The molecular formula is C13H18N6O6. The Hall–Kier alpha value is -2.54. The van der Waals surface area contributed by atoms with Gasteiger partial charge in [-0.1, -0.05) is 0 Å². The van der Waals surface area contributed by atoms with Crippen molar-refractivity contribution in [3.63, 3.8) is 0 Å². The summed E-state index contributed by atoms with van der Waals surface area (Å²) >= 11 is 0. The number of aliphatic carboxylic acids is 1. The van der Waals surface area contributed by atoms with Gasteiger partial charge in [0.2, 0.25) is 5.95 Å². The lowest BCUT2D eigenvalue weighted by molar-refractivity contribution is -0.136. The molecule has 0 spiro atoms. The highest BCUT2D eigenvalue weighted by molar-refractivity contribution is 5.84. The molecule has 2 aromatic heterocycles. The summed E-state index contributed by atoms with van der Waals surface area (Å²) in [6.45, 7) is -0.430. The number of carboxylic acid groups (broad SMARTS) is 1. The van der Waals surface area contributed by atoms with E-state index in [1.54, 1.807) is 0 Å². The van der Waals surface area contributed by atoms with Gasteiger partial charge >= 0.3 is 5.97 Å². The highest BCUT2D eigenvalue weighted by atomic mass is 16.6. The summed E-state index contributed by atoms with van der Waals surface area (Å²) in [6, 6.07) is 0. The fraction of sp³-hybridized carbons (Fsp3) is 0.538. The van der Waals surface area contributed by atoms with Crippen molar-refractivity contribution in [1.29, 1.82) is 0 Å². The van der Waals surface area contributed by atoms with E-state index in [0.29, 0.717) is 0 Å². The van der Waals surface area contributed by atoms with E-state index >= 15 is 0 Å². The molecule has 0 aromatic carbocycles. The summed E-state index contributed by atoms with van der Waals surface area (Å²) in [5.41, 5.74) is 6.26. The van der Waals surface area contributed by atoms with Gasteiger partial charge in [0.1, 0.15) is 24.6 Å². The van der Waals surface area contributed by atoms with E-state index in [4.69, 9.17) is 15.6 Å². The smallest absolute Gasteiger partial charge is 0.305 e. The average Bonchev–Trinajstić information content (AvgIpc) is 3.07. The Morgan fingerprint density at radius 3 is 2.76 bits per heavy atom. The average molecular weight is 354 g/mol. The number of rotatable bonds is 6. The van der Waals surface area contributed by atoms with Crippen LogP contribution < -0.4 is 11.1 Å². The van der Waals surface area contributed by atoms with E-state index in [1.165, 1.54) is 10.9 Å². The topological polar surface area (TPSA) is 189 Å². The van der Waals surface area contributed by atoms with Crippen LogP contribution in [0.1, 0.15) is 12.6 Å². The number of aliphatic hydroxyl groups is 3. The van der Waals surface area contributed by atoms with Crippen LogP contribution in [0.5, 0.6) is 0 Å². The van der Waals surface area contributed by atoms with Gasteiger partial charge in [0, 0.05) is 6.54 Å². The summed E-state index contributed by atoms with van der Waals surface area (Å²) in [7, 11) is 0. The minimum atomic E-state index is -1.36. The van der Waals surface area contributed by atoms with E-state index in [9.17, 15) is 20.1 Å². The van der Waals surface area contributed by atoms with Gasteiger partial charge in [-0.25, -0.2) is 15.0 Å². The maximum Gasteiger partial charge on any atom is 0.305 e. The molecule has 0 saturated carbocycles. The summed E-state index contributed by atoms with van der Waals surface area (Å²) in [5, 5.41) is 41.1. The predicted molar refractivity (Wildman–Crippen MR) is 83.5 cm³/mol. The van der Waals surface area contributed by atoms with Gasteiger partial charge in [-0.15, -0.1) is 0 Å². The second kappa shape index (κ2) is 6.76. The minimum Gasteiger partial charge on any atom is -0.481 e. The maximum absolute atomic E-state index is 10.7. The Balaban J connectivity index is 2.02. The van der Waals surface area contributed by atoms with E-state index in [2.05, 4.69) is 20.3 Å². The summed E-state index contributed by atoms with van der Waals surface area (Å²) in [4.78, 5) is 22.9. The molecule has 136 valence electrons. The van der Waals surface area contributed by atoms with Crippen molar-refractivity contribution in [2.45, 2.75) is 31.0 Å². The molecule has 1 aliphatic heterocycles. The van der Waals surface area contributed by atoms with Gasteiger partial charge in [-0.2, -0.15) is 0 Å². The number of fused-ring (bicyclic) bond motifs is 1. The molecule has 0 radical (unpaired) electrons. The van der Waals surface area contributed by atoms with Crippen molar-refractivity contribution in [3.05, 3.63) is 6.33 Å². The van der Waals surface area contributed by atoms with Crippen LogP contribution in [-0.2, 0) is 9.53 Å². The fourth-order valence-electron chi connectivity index (χ4n) is 2.67. The van der Waals surface area contributed by atoms with Crippen molar-refractivity contribution >= 4 is 28.9 Å². The molecule has 0 amide bonds. The zero-order valence-corrected chi connectivity index (χ0v) is 13.0. The van der Waals surface area contributed by atoms with Crippen molar-refractivity contribution in [3.8, 4) is 0 Å². The first-order chi connectivity index (χ1) is 11.9. The molecule has 1 saturated heterocycles. The number of ether oxygens (including phenoxy) is 1. The number of imidazole rings is 1. The maximum atomic E-state index is 10.7. The standard InChI is InChI=1S/C13H18N6O6/c14-10-7-11(17-4-16-10)19(13(18-7)15-2-1-6(21)22)12-9(24)8(23)5(3-20)25-12/h4-5,8-9,12,20,23-24H,1-3H2,(H,15,18)(H,21,22)(H2,14,16,17)/t5-,8?,9?,12-/m1/s1. The van der Waals surface area contributed by atoms with Gasteiger partial charge in [-0.05, 0) is 0 Å². The Morgan fingerprint density at radius 2 is 2.12 bits per heavy atom. The van der Waals surface area contributed by atoms with Crippen molar-refractivity contribution < 1.29 is 30.0 Å². The number of nitrogens with zero attached hydrogens (tertiary/aromatic N) is 4. The molecule has 3 heterocycles. The van der Waals surface area contributed by atoms with Crippen molar-refractivity contribution in [2.24, 2.45) is 0 Å². The van der Waals surface area contributed by atoms with Gasteiger partial charge in [0.25, 0.3) is 0 Å². The molecule has 1 aliphatic rings. The van der Waals surface area contributed by atoms with Crippen LogP contribution in [0, 0.1) is 0 Å². The molecule has 7 N–H and O–H groups in total. The lowest BCUT2D eigenvalue weighted by Crippen LogP contribution is -2.33. The second-order valence-corrected chi connectivity index (χ2v) is 5.54. The number of anilines is 2. The van der Waals surface area contributed by atoms with Crippen LogP contribution in [0.25, 0.3) is 11.2 Å². The Labute approximate surface area is 140 Å². The third-order valence-corrected chi connectivity index (χ3v) is 3.90. The van der Waals surface area contributed by atoms with Crippen LogP contribution in [0.2, 0.25) is 0 Å². The summed E-state index contributed by atoms with van der Waals surface area (Å²) in [5.74, 6) is -0.752. The number of nitrogen functional groups attached to an aromatic ring is 1. The van der Waals surface area contributed by atoms with Gasteiger partial charge < -0.3 is 36.2 Å². The Morgan fingerprint density at radius 1 is 1.36 bits per heavy atom. The van der Waals surface area contributed by atoms with Crippen LogP contribution in [0.15, 0.2) is 6.33 Å². The van der Waals surface area contributed by atoms with E-state index in [1.807, 2.05) is 0 Å². The van der Waals surface area contributed by atoms with Gasteiger partial charge in [0.15, 0.2) is 23.2 Å². The molecule has 1 fully saturated rings. The number of hydrogen-bond donors (Lipinski definition) is 6. The summed E-state index contributed by atoms with van der Waals surface area (Å²) in [6.07, 6.45) is -3.70. The molecule has 12 heteroatoms. The highest BCUT2D eigenvalue weighted by Crippen LogP contribution is 2.34. The number of nitrogens with one attached hydrogen (secondary N) is 1.